The van der Waals surface area contributed by atoms with Gasteiger partial charge >= 0.3 is 0 Å². The van der Waals surface area contributed by atoms with Crippen molar-refractivity contribution in [3.63, 3.8) is 0 Å². The number of hydrogen-bond acceptors (Lipinski definition) is 1. The van der Waals surface area contributed by atoms with E-state index in [-0.39, 0.29) is 0 Å². The molecule has 0 bridgehead atoms. The molecular weight excluding hydrogens is 172 g/mol. The second-order valence-electron chi connectivity index (χ2n) is 5.72. The third kappa shape index (κ3) is 6.42. The third-order valence-corrected chi connectivity index (χ3v) is 3.12. The van der Waals surface area contributed by atoms with E-state index in [0.717, 1.165) is 19.1 Å². The van der Waals surface area contributed by atoms with E-state index >= 15 is 0 Å². The molecule has 14 heavy (non-hydrogen) atoms. The highest BCUT2D eigenvalue weighted by atomic mass is 16.5. The molecule has 0 saturated carbocycles. The van der Waals surface area contributed by atoms with Gasteiger partial charge in [0.25, 0.3) is 0 Å². The summed E-state index contributed by atoms with van der Waals surface area (Å²) in [6.45, 7) is 15.5. The molecule has 1 nitrogen and oxygen atoms in total. The summed E-state index contributed by atoms with van der Waals surface area (Å²) in [5.74, 6) is 1.42. The molecule has 0 aromatic heterocycles. The van der Waals surface area contributed by atoms with Crippen LogP contribution in [0.3, 0.4) is 0 Å². The molecule has 1 heteroatoms. The van der Waals surface area contributed by atoms with Crippen molar-refractivity contribution in [2.45, 2.75) is 54.4 Å². The lowest BCUT2D eigenvalue weighted by Crippen LogP contribution is -2.19. The van der Waals surface area contributed by atoms with Crippen molar-refractivity contribution in [3.05, 3.63) is 0 Å². The summed E-state index contributed by atoms with van der Waals surface area (Å²) >= 11 is 0. The lowest BCUT2D eigenvalue weighted by molar-refractivity contribution is 0.0937. The largest absolute Gasteiger partial charge is 0.381 e. The summed E-state index contributed by atoms with van der Waals surface area (Å²) in [6.07, 6.45) is 2.46. The van der Waals surface area contributed by atoms with Crippen molar-refractivity contribution in [3.8, 4) is 0 Å². The quantitative estimate of drug-likeness (QED) is 0.562. The minimum absolute atomic E-state index is 0.460. The molecule has 0 spiro atoms. The maximum atomic E-state index is 5.57. The van der Waals surface area contributed by atoms with E-state index < -0.39 is 0 Å². The highest BCUT2D eigenvalue weighted by Gasteiger charge is 2.21. The lowest BCUT2D eigenvalue weighted by Gasteiger charge is -2.29. The molecule has 0 amide bonds. The Kier molecular flexibility index (Phi) is 6.43. The SMILES string of the molecule is CC(C)COCCCC(C)(C)C(C)C. The molecule has 0 rings (SSSR count). The van der Waals surface area contributed by atoms with Crippen LogP contribution in [0.15, 0.2) is 0 Å². The van der Waals surface area contributed by atoms with Crippen LogP contribution in [-0.2, 0) is 4.74 Å². The second kappa shape index (κ2) is 6.44. The van der Waals surface area contributed by atoms with E-state index in [0.29, 0.717) is 11.3 Å². The van der Waals surface area contributed by atoms with E-state index in [1.807, 2.05) is 0 Å². The zero-order valence-corrected chi connectivity index (χ0v) is 10.9. The molecule has 0 fully saturated rings. The smallest absolute Gasteiger partial charge is 0.0488 e. The molecule has 0 atom stereocenters. The van der Waals surface area contributed by atoms with Crippen molar-refractivity contribution in [2.24, 2.45) is 17.3 Å². The molecule has 0 N–H and O–H groups in total. The summed E-state index contributed by atoms with van der Waals surface area (Å²) in [6, 6.07) is 0. The van der Waals surface area contributed by atoms with E-state index in [4.69, 9.17) is 4.74 Å². The molecule has 0 aromatic rings. The van der Waals surface area contributed by atoms with Crippen molar-refractivity contribution >= 4 is 0 Å². The monoisotopic (exact) mass is 200 g/mol. The second-order valence-corrected chi connectivity index (χ2v) is 5.72. The maximum absolute atomic E-state index is 5.57. The topological polar surface area (TPSA) is 9.23 Å². The van der Waals surface area contributed by atoms with Crippen molar-refractivity contribution in [2.75, 3.05) is 13.2 Å². The average molecular weight is 200 g/mol. The van der Waals surface area contributed by atoms with Gasteiger partial charge in [-0.1, -0.05) is 41.5 Å². The van der Waals surface area contributed by atoms with Gasteiger partial charge in [0.2, 0.25) is 0 Å². The van der Waals surface area contributed by atoms with Crippen LogP contribution in [0.2, 0.25) is 0 Å². The zero-order chi connectivity index (χ0) is 11.2. The van der Waals surface area contributed by atoms with Crippen LogP contribution in [0.4, 0.5) is 0 Å². The minimum atomic E-state index is 0.460. The highest BCUT2D eigenvalue weighted by Crippen LogP contribution is 2.31. The fourth-order valence-corrected chi connectivity index (χ4v) is 1.24. The van der Waals surface area contributed by atoms with Gasteiger partial charge in [-0.2, -0.15) is 0 Å². The van der Waals surface area contributed by atoms with Crippen molar-refractivity contribution in [1.82, 2.24) is 0 Å². The first kappa shape index (κ1) is 14.0. The predicted octanol–water partition coefficient (Wildman–Crippen LogP) is 4.12. The van der Waals surface area contributed by atoms with Crippen LogP contribution >= 0.6 is 0 Å². The molecular formula is C13H28O. The molecule has 0 aromatic carbocycles. The predicted molar refractivity (Wildman–Crippen MR) is 63.5 cm³/mol. The summed E-state index contributed by atoms with van der Waals surface area (Å²) in [4.78, 5) is 0. The molecule has 0 aliphatic rings. The highest BCUT2D eigenvalue weighted by molar-refractivity contribution is 4.71. The van der Waals surface area contributed by atoms with Gasteiger partial charge in [0.1, 0.15) is 0 Å². The molecule has 0 radical (unpaired) electrons. The van der Waals surface area contributed by atoms with Gasteiger partial charge < -0.3 is 4.74 Å². The Balaban J connectivity index is 3.45. The standard InChI is InChI=1S/C13H28O/c1-11(2)10-14-9-7-8-13(5,6)12(3)4/h11-12H,7-10H2,1-6H3. The Morgan fingerprint density at radius 2 is 1.64 bits per heavy atom. The fraction of sp³-hybridized carbons (Fsp3) is 1.00. The summed E-state index contributed by atoms with van der Waals surface area (Å²) in [5.41, 5.74) is 0.460. The number of hydrogen-bond donors (Lipinski definition) is 0. The van der Waals surface area contributed by atoms with Gasteiger partial charge in [-0.15, -0.1) is 0 Å². The van der Waals surface area contributed by atoms with Crippen LogP contribution in [0.5, 0.6) is 0 Å². The van der Waals surface area contributed by atoms with Crippen molar-refractivity contribution < 1.29 is 4.74 Å². The van der Waals surface area contributed by atoms with Gasteiger partial charge in [-0.3, -0.25) is 0 Å². The van der Waals surface area contributed by atoms with Crippen LogP contribution in [0, 0.1) is 17.3 Å². The van der Waals surface area contributed by atoms with Crippen LogP contribution in [0.1, 0.15) is 54.4 Å². The summed E-state index contributed by atoms with van der Waals surface area (Å²) < 4.78 is 5.57. The molecule has 0 heterocycles. The summed E-state index contributed by atoms with van der Waals surface area (Å²) in [5, 5.41) is 0. The molecule has 86 valence electrons. The summed E-state index contributed by atoms with van der Waals surface area (Å²) in [7, 11) is 0. The van der Waals surface area contributed by atoms with Crippen molar-refractivity contribution in [1.29, 1.82) is 0 Å². The Morgan fingerprint density at radius 1 is 1.07 bits per heavy atom. The third-order valence-electron chi connectivity index (χ3n) is 3.12. The van der Waals surface area contributed by atoms with E-state index in [9.17, 15) is 0 Å². The molecule has 0 aliphatic heterocycles. The minimum Gasteiger partial charge on any atom is -0.381 e. The molecule has 0 saturated heterocycles. The Bertz CT molecular complexity index is 136. The first-order valence-corrected chi connectivity index (χ1v) is 5.94. The van der Waals surface area contributed by atoms with Gasteiger partial charge in [-0.25, -0.2) is 0 Å². The lowest BCUT2D eigenvalue weighted by atomic mass is 9.77. The van der Waals surface area contributed by atoms with Gasteiger partial charge in [0.15, 0.2) is 0 Å². The van der Waals surface area contributed by atoms with Crippen LogP contribution in [-0.4, -0.2) is 13.2 Å². The number of ether oxygens (including phenoxy) is 1. The first-order valence-electron chi connectivity index (χ1n) is 5.94. The maximum Gasteiger partial charge on any atom is 0.0488 e. The van der Waals surface area contributed by atoms with E-state index in [1.54, 1.807) is 0 Å². The van der Waals surface area contributed by atoms with Gasteiger partial charge in [0.05, 0.1) is 0 Å². The zero-order valence-electron chi connectivity index (χ0n) is 10.9. The molecule has 0 unspecified atom stereocenters. The first-order chi connectivity index (χ1) is 6.36. The van der Waals surface area contributed by atoms with E-state index in [2.05, 4.69) is 41.5 Å². The number of rotatable bonds is 7. The average Bonchev–Trinajstić information content (AvgIpc) is 2.02. The Hall–Kier alpha value is -0.0400. The Morgan fingerprint density at radius 3 is 2.07 bits per heavy atom. The van der Waals surface area contributed by atoms with Gasteiger partial charge in [0, 0.05) is 13.2 Å². The van der Waals surface area contributed by atoms with E-state index in [1.165, 1.54) is 12.8 Å². The Labute approximate surface area is 90.2 Å². The normalized spacial score (nSPS) is 12.9. The van der Waals surface area contributed by atoms with Gasteiger partial charge in [-0.05, 0) is 30.1 Å². The van der Waals surface area contributed by atoms with Crippen LogP contribution in [0.25, 0.3) is 0 Å². The fourth-order valence-electron chi connectivity index (χ4n) is 1.24. The van der Waals surface area contributed by atoms with Crippen LogP contribution < -0.4 is 0 Å². The molecule has 0 aliphatic carbocycles.